The summed E-state index contributed by atoms with van der Waals surface area (Å²) in [6.45, 7) is 5.08. The molecule has 2 N–H and O–H groups in total. The molecule has 1 amide bonds. The first kappa shape index (κ1) is 13.1. The van der Waals surface area contributed by atoms with Crippen LogP contribution in [0.3, 0.4) is 0 Å². The minimum absolute atomic E-state index is 0.0585. The Balaban J connectivity index is 1.98. The summed E-state index contributed by atoms with van der Waals surface area (Å²) in [7, 11) is 0. The van der Waals surface area contributed by atoms with Crippen LogP contribution in [0.5, 0.6) is 0 Å². The Morgan fingerprint density at radius 3 is 2.79 bits per heavy atom. The van der Waals surface area contributed by atoms with Crippen molar-refractivity contribution in [3.05, 3.63) is 42.2 Å². The lowest BCUT2D eigenvalue weighted by molar-refractivity contribution is -0.114. The number of aromatic nitrogens is 2. The van der Waals surface area contributed by atoms with Gasteiger partial charge in [-0.15, -0.1) is 0 Å². The van der Waals surface area contributed by atoms with E-state index >= 15 is 0 Å². The summed E-state index contributed by atoms with van der Waals surface area (Å²) in [6.07, 6.45) is 3.70. The third-order valence-electron chi connectivity index (χ3n) is 2.86. The standard InChI is InChI=1S/C14H18N4O/c1-11-13(5-3-6-14(11)17-12(2)19)15-8-10-18-9-4-7-16-18/h3-7,9,15H,8,10H2,1-2H3,(H,17,19). The van der Waals surface area contributed by atoms with Gasteiger partial charge in [-0.2, -0.15) is 5.10 Å². The number of hydrogen-bond donors (Lipinski definition) is 2. The van der Waals surface area contributed by atoms with Crippen LogP contribution in [-0.2, 0) is 11.3 Å². The predicted molar refractivity (Wildman–Crippen MR) is 76.2 cm³/mol. The van der Waals surface area contributed by atoms with E-state index in [1.165, 1.54) is 6.92 Å². The number of nitrogens with zero attached hydrogens (tertiary/aromatic N) is 2. The maximum atomic E-state index is 11.1. The van der Waals surface area contributed by atoms with Gasteiger partial charge in [-0.1, -0.05) is 6.07 Å². The molecule has 5 heteroatoms. The molecule has 5 nitrogen and oxygen atoms in total. The van der Waals surface area contributed by atoms with Crippen molar-refractivity contribution in [1.29, 1.82) is 0 Å². The molecule has 19 heavy (non-hydrogen) atoms. The van der Waals surface area contributed by atoms with Crippen molar-refractivity contribution in [2.75, 3.05) is 17.2 Å². The molecule has 0 fully saturated rings. The van der Waals surface area contributed by atoms with Crippen LogP contribution in [-0.4, -0.2) is 22.2 Å². The average Bonchev–Trinajstić information content (AvgIpc) is 2.86. The summed E-state index contributed by atoms with van der Waals surface area (Å²) in [4.78, 5) is 11.1. The van der Waals surface area contributed by atoms with Crippen LogP contribution < -0.4 is 10.6 Å². The van der Waals surface area contributed by atoms with Gasteiger partial charge in [0.15, 0.2) is 0 Å². The first-order chi connectivity index (χ1) is 9.16. The van der Waals surface area contributed by atoms with Crippen molar-refractivity contribution in [2.24, 2.45) is 0 Å². The van der Waals surface area contributed by atoms with E-state index in [1.807, 2.05) is 42.1 Å². The highest BCUT2D eigenvalue weighted by molar-refractivity contribution is 5.90. The van der Waals surface area contributed by atoms with Crippen LogP contribution >= 0.6 is 0 Å². The van der Waals surface area contributed by atoms with Gasteiger partial charge in [-0.05, 0) is 30.7 Å². The number of carbonyl (C=O) groups is 1. The number of carbonyl (C=O) groups excluding carboxylic acids is 1. The van der Waals surface area contributed by atoms with Gasteiger partial charge in [0.05, 0.1) is 6.54 Å². The highest BCUT2D eigenvalue weighted by Gasteiger charge is 2.04. The molecular formula is C14H18N4O. The molecule has 100 valence electrons. The van der Waals surface area contributed by atoms with Crippen LogP contribution in [0, 0.1) is 6.92 Å². The molecule has 0 saturated heterocycles. The molecule has 1 aromatic heterocycles. The van der Waals surface area contributed by atoms with E-state index in [0.717, 1.165) is 30.0 Å². The lowest BCUT2D eigenvalue weighted by atomic mass is 10.1. The summed E-state index contributed by atoms with van der Waals surface area (Å²) in [6, 6.07) is 7.73. The van der Waals surface area contributed by atoms with Crippen LogP contribution in [0.2, 0.25) is 0 Å². The van der Waals surface area contributed by atoms with Crippen molar-refractivity contribution in [3.8, 4) is 0 Å². The SMILES string of the molecule is CC(=O)Nc1cccc(NCCn2cccn2)c1C. The zero-order chi connectivity index (χ0) is 13.7. The van der Waals surface area contributed by atoms with Crippen molar-refractivity contribution in [3.63, 3.8) is 0 Å². The zero-order valence-electron chi connectivity index (χ0n) is 11.2. The number of hydrogen-bond acceptors (Lipinski definition) is 3. The lowest BCUT2D eigenvalue weighted by Crippen LogP contribution is -2.13. The largest absolute Gasteiger partial charge is 0.383 e. The van der Waals surface area contributed by atoms with E-state index in [-0.39, 0.29) is 5.91 Å². The molecule has 1 aromatic carbocycles. The second-order valence-corrected chi connectivity index (χ2v) is 4.36. The van der Waals surface area contributed by atoms with Crippen molar-refractivity contribution in [2.45, 2.75) is 20.4 Å². The maximum Gasteiger partial charge on any atom is 0.221 e. The summed E-state index contributed by atoms with van der Waals surface area (Å²) >= 11 is 0. The van der Waals surface area contributed by atoms with Gasteiger partial charge in [-0.25, -0.2) is 0 Å². The van der Waals surface area contributed by atoms with Crippen LogP contribution in [0.1, 0.15) is 12.5 Å². The first-order valence-corrected chi connectivity index (χ1v) is 6.25. The minimum atomic E-state index is -0.0585. The third kappa shape index (κ3) is 3.58. The normalized spacial score (nSPS) is 10.2. The number of nitrogens with one attached hydrogen (secondary N) is 2. The summed E-state index contributed by atoms with van der Waals surface area (Å²) in [5, 5.41) is 10.3. The van der Waals surface area contributed by atoms with E-state index in [2.05, 4.69) is 15.7 Å². The Bertz CT molecular complexity index is 549. The molecule has 0 atom stereocenters. The number of anilines is 2. The molecular weight excluding hydrogens is 240 g/mol. The lowest BCUT2D eigenvalue weighted by Gasteiger charge is -2.13. The highest BCUT2D eigenvalue weighted by Crippen LogP contribution is 2.23. The molecule has 0 aliphatic heterocycles. The van der Waals surface area contributed by atoms with Crippen molar-refractivity contribution >= 4 is 17.3 Å². The molecule has 2 aromatic rings. The van der Waals surface area contributed by atoms with E-state index in [0.29, 0.717) is 0 Å². The van der Waals surface area contributed by atoms with E-state index in [4.69, 9.17) is 0 Å². The average molecular weight is 258 g/mol. The topological polar surface area (TPSA) is 59.0 Å². The van der Waals surface area contributed by atoms with E-state index in [9.17, 15) is 4.79 Å². The van der Waals surface area contributed by atoms with Gasteiger partial charge in [0, 0.05) is 37.2 Å². The Labute approximate surface area is 112 Å². The maximum absolute atomic E-state index is 11.1. The monoisotopic (exact) mass is 258 g/mol. The molecule has 0 aliphatic rings. The number of benzene rings is 1. The fourth-order valence-electron chi connectivity index (χ4n) is 1.89. The first-order valence-electron chi connectivity index (χ1n) is 6.25. The van der Waals surface area contributed by atoms with E-state index < -0.39 is 0 Å². The Morgan fingerprint density at radius 2 is 2.11 bits per heavy atom. The third-order valence-corrected chi connectivity index (χ3v) is 2.86. The second-order valence-electron chi connectivity index (χ2n) is 4.36. The highest BCUT2D eigenvalue weighted by atomic mass is 16.1. The molecule has 0 bridgehead atoms. The Kier molecular flexibility index (Phi) is 4.18. The number of amides is 1. The molecule has 0 unspecified atom stereocenters. The smallest absolute Gasteiger partial charge is 0.221 e. The molecule has 0 radical (unpaired) electrons. The minimum Gasteiger partial charge on any atom is -0.383 e. The van der Waals surface area contributed by atoms with E-state index in [1.54, 1.807) is 6.20 Å². The van der Waals surface area contributed by atoms with Gasteiger partial charge in [0.2, 0.25) is 5.91 Å². The predicted octanol–water partition coefficient (Wildman–Crippen LogP) is 2.26. The fraction of sp³-hybridized carbons (Fsp3) is 0.286. The van der Waals surface area contributed by atoms with Gasteiger partial charge < -0.3 is 10.6 Å². The summed E-state index contributed by atoms with van der Waals surface area (Å²) < 4.78 is 1.88. The molecule has 1 heterocycles. The molecule has 0 aliphatic carbocycles. The number of rotatable bonds is 5. The quantitative estimate of drug-likeness (QED) is 0.865. The van der Waals surface area contributed by atoms with Crippen LogP contribution in [0.4, 0.5) is 11.4 Å². The van der Waals surface area contributed by atoms with Gasteiger partial charge in [0.25, 0.3) is 0 Å². The Morgan fingerprint density at radius 1 is 1.32 bits per heavy atom. The van der Waals surface area contributed by atoms with Gasteiger partial charge >= 0.3 is 0 Å². The van der Waals surface area contributed by atoms with Gasteiger partial charge in [-0.3, -0.25) is 9.48 Å². The summed E-state index contributed by atoms with van der Waals surface area (Å²) in [5.74, 6) is -0.0585. The Hall–Kier alpha value is -2.30. The van der Waals surface area contributed by atoms with Gasteiger partial charge in [0.1, 0.15) is 0 Å². The van der Waals surface area contributed by atoms with Crippen LogP contribution in [0.25, 0.3) is 0 Å². The van der Waals surface area contributed by atoms with Crippen molar-refractivity contribution < 1.29 is 4.79 Å². The molecule has 2 rings (SSSR count). The molecule has 0 spiro atoms. The molecule has 0 saturated carbocycles. The summed E-state index contributed by atoms with van der Waals surface area (Å²) in [5.41, 5.74) is 2.91. The van der Waals surface area contributed by atoms with Crippen molar-refractivity contribution in [1.82, 2.24) is 9.78 Å². The zero-order valence-corrected chi connectivity index (χ0v) is 11.2. The van der Waals surface area contributed by atoms with Crippen LogP contribution in [0.15, 0.2) is 36.7 Å². The fourth-order valence-corrected chi connectivity index (χ4v) is 1.89. The second kappa shape index (κ2) is 6.04.